The molecule has 0 amide bonds. The van der Waals surface area contributed by atoms with Crippen LogP contribution in [0.25, 0.3) is 0 Å². The summed E-state index contributed by atoms with van der Waals surface area (Å²) in [5, 5.41) is 0. The van der Waals surface area contributed by atoms with Gasteiger partial charge < -0.3 is 0 Å². The van der Waals surface area contributed by atoms with E-state index in [1.165, 1.54) is 13.0 Å². The summed E-state index contributed by atoms with van der Waals surface area (Å²) in [5.41, 5.74) is 0.0393. The Morgan fingerprint density at radius 3 is 2.45 bits per heavy atom. The van der Waals surface area contributed by atoms with E-state index in [4.69, 9.17) is 0 Å². The normalized spacial score (nSPS) is 13.0. The van der Waals surface area contributed by atoms with Crippen LogP contribution in [0.15, 0.2) is 28.7 Å². The van der Waals surface area contributed by atoms with Crippen molar-refractivity contribution in [1.82, 2.24) is 0 Å². The number of aliphatic imine (C=N–C) groups is 1. The van der Waals surface area contributed by atoms with E-state index in [1.807, 2.05) is 0 Å². The van der Waals surface area contributed by atoms with Crippen molar-refractivity contribution in [3.63, 3.8) is 0 Å². The highest BCUT2D eigenvalue weighted by atomic mass is 19.1. The minimum Gasteiger partial charge on any atom is -0.294 e. The number of carbonyl (C=O) groups excluding carboxylic acids is 1. The first-order valence-electron chi connectivity index (χ1n) is 3.12. The largest absolute Gasteiger partial charge is 0.294 e. The first kappa shape index (κ1) is 9.75. The Labute approximate surface area is 65.1 Å². The molecule has 11 heavy (non-hydrogen) atoms. The molecule has 0 aliphatic rings. The number of carbonyl (C=O) groups is 1. The van der Waals surface area contributed by atoms with Crippen LogP contribution >= 0.6 is 0 Å². The van der Waals surface area contributed by atoms with Crippen LogP contribution in [-0.4, -0.2) is 12.5 Å². The maximum atomic E-state index is 12.8. The molecule has 2 nitrogen and oxygen atoms in total. The van der Waals surface area contributed by atoms with Gasteiger partial charge in [-0.3, -0.25) is 9.79 Å². The molecule has 0 saturated carbocycles. The standard InChI is InChI=1S/C8H10FNO/c1-4-7(6(2)11)8(9)5-10-3/h4-5H,3H2,1-2H3/b7-4-,8-5+. The zero-order chi connectivity index (χ0) is 8.85. The van der Waals surface area contributed by atoms with Gasteiger partial charge in [0, 0.05) is 0 Å². The first-order valence-corrected chi connectivity index (χ1v) is 3.12. The SMILES string of the molecule is C=N/C=C(F)\C(=C/C)C(C)=O. The molecule has 0 radical (unpaired) electrons. The van der Waals surface area contributed by atoms with Gasteiger partial charge in [-0.25, -0.2) is 4.39 Å². The molecular formula is C8H10FNO. The van der Waals surface area contributed by atoms with Crippen LogP contribution in [0.2, 0.25) is 0 Å². The summed E-state index contributed by atoms with van der Waals surface area (Å²) in [4.78, 5) is 13.9. The van der Waals surface area contributed by atoms with Crippen molar-refractivity contribution < 1.29 is 9.18 Å². The molecule has 0 saturated heterocycles. The van der Waals surface area contributed by atoms with Crippen molar-refractivity contribution in [2.45, 2.75) is 13.8 Å². The second-order valence-electron chi connectivity index (χ2n) is 1.92. The zero-order valence-electron chi connectivity index (χ0n) is 6.60. The van der Waals surface area contributed by atoms with Gasteiger partial charge in [-0.1, -0.05) is 6.08 Å². The van der Waals surface area contributed by atoms with E-state index in [1.54, 1.807) is 6.92 Å². The highest BCUT2D eigenvalue weighted by Crippen LogP contribution is 2.11. The van der Waals surface area contributed by atoms with E-state index in [0.29, 0.717) is 0 Å². The lowest BCUT2D eigenvalue weighted by atomic mass is 10.1. The highest BCUT2D eigenvalue weighted by Gasteiger charge is 2.07. The maximum Gasteiger partial charge on any atom is 0.162 e. The lowest BCUT2D eigenvalue weighted by Gasteiger charge is -1.95. The van der Waals surface area contributed by atoms with Gasteiger partial charge >= 0.3 is 0 Å². The van der Waals surface area contributed by atoms with E-state index >= 15 is 0 Å². The number of hydrogen-bond acceptors (Lipinski definition) is 2. The van der Waals surface area contributed by atoms with Gasteiger partial charge in [0.15, 0.2) is 11.6 Å². The number of ketones is 1. The van der Waals surface area contributed by atoms with Crippen LogP contribution in [0.4, 0.5) is 4.39 Å². The lowest BCUT2D eigenvalue weighted by Crippen LogP contribution is -1.96. The van der Waals surface area contributed by atoms with Gasteiger partial charge in [-0.2, -0.15) is 0 Å². The maximum absolute atomic E-state index is 12.8. The van der Waals surface area contributed by atoms with E-state index in [2.05, 4.69) is 11.7 Å². The number of nitrogens with zero attached hydrogens (tertiary/aromatic N) is 1. The molecule has 0 fully saturated rings. The monoisotopic (exact) mass is 155 g/mol. The van der Waals surface area contributed by atoms with Crippen molar-refractivity contribution in [2.75, 3.05) is 0 Å². The van der Waals surface area contributed by atoms with Crippen LogP contribution in [0.1, 0.15) is 13.8 Å². The second-order valence-corrected chi connectivity index (χ2v) is 1.92. The third kappa shape index (κ3) is 2.89. The molecule has 0 aromatic heterocycles. The summed E-state index contributed by atoms with van der Waals surface area (Å²) >= 11 is 0. The van der Waals surface area contributed by atoms with E-state index < -0.39 is 5.83 Å². The molecule has 0 spiro atoms. The minimum atomic E-state index is -0.644. The summed E-state index contributed by atoms with van der Waals surface area (Å²) in [6.45, 7) is 5.96. The predicted octanol–water partition coefficient (Wildman–Crippen LogP) is 2.03. The Balaban J connectivity index is 4.67. The number of halogens is 1. The van der Waals surface area contributed by atoms with Crippen molar-refractivity contribution in [1.29, 1.82) is 0 Å². The molecule has 0 aliphatic heterocycles. The summed E-state index contributed by atoms with van der Waals surface area (Å²) in [6.07, 6.45) is 2.32. The predicted molar refractivity (Wildman–Crippen MR) is 43.2 cm³/mol. The fourth-order valence-electron chi connectivity index (χ4n) is 0.659. The Hall–Kier alpha value is -1.25. The molecule has 0 aromatic carbocycles. The van der Waals surface area contributed by atoms with E-state index in [0.717, 1.165) is 6.20 Å². The summed E-state index contributed by atoms with van der Waals surface area (Å²) < 4.78 is 12.8. The summed E-state index contributed by atoms with van der Waals surface area (Å²) in [5.74, 6) is -0.958. The first-order chi connectivity index (χ1) is 5.13. The Kier molecular flexibility index (Phi) is 4.03. The van der Waals surface area contributed by atoms with Crippen LogP contribution in [0.5, 0.6) is 0 Å². The number of Topliss-reactive ketones (excluding diaryl/α,β-unsaturated/α-hetero) is 1. The quantitative estimate of drug-likeness (QED) is 0.348. The fraction of sp³-hybridized carbons (Fsp3) is 0.250. The minimum absolute atomic E-state index is 0.0393. The molecule has 0 heterocycles. The number of rotatable bonds is 3. The molecule has 0 atom stereocenters. The van der Waals surface area contributed by atoms with Gasteiger partial charge in [-0.15, -0.1) is 0 Å². The molecule has 0 aromatic rings. The number of hydrogen-bond donors (Lipinski definition) is 0. The molecule has 0 aliphatic carbocycles. The van der Waals surface area contributed by atoms with Gasteiger partial charge in [0.2, 0.25) is 0 Å². The molecular weight excluding hydrogens is 145 g/mol. The second kappa shape index (κ2) is 4.55. The smallest absolute Gasteiger partial charge is 0.162 e. The Bertz CT molecular complexity index is 228. The third-order valence-corrected chi connectivity index (χ3v) is 1.13. The Morgan fingerprint density at radius 1 is 1.64 bits per heavy atom. The fourth-order valence-corrected chi connectivity index (χ4v) is 0.659. The summed E-state index contributed by atoms with van der Waals surface area (Å²) in [6, 6.07) is 0. The van der Waals surface area contributed by atoms with Crippen molar-refractivity contribution in [3.8, 4) is 0 Å². The molecule has 3 heteroatoms. The average Bonchev–Trinajstić information content (AvgIpc) is 1.88. The van der Waals surface area contributed by atoms with E-state index in [-0.39, 0.29) is 11.4 Å². The zero-order valence-corrected chi connectivity index (χ0v) is 6.60. The average molecular weight is 155 g/mol. The summed E-state index contributed by atoms with van der Waals surface area (Å²) in [7, 11) is 0. The number of allylic oxidation sites excluding steroid dienone is 3. The lowest BCUT2D eigenvalue weighted by molar-refractivity contribution is -0.113. The molecule has 0 bridgehead atoms. The van der Waals surface area contributed by atoms with Gasteiger partial charge in [0.05, 0.1) is 11.8 Å². The van der Waals surface area contributed by atoms with Crippen LogP contribution in [0.3, 0.4) is 0 Å². The highest BCUT2D eigenvalue weighted by molar-refractivity contribution is 5.96. The third-order valence-electron chi connectivity index (χ3n) is 1.13. The molecule has 0 unspecified atom stereocenters. The van der Waals surface area contributed by atoms with Crippen molar-refractivity contribution in [2.24, 2.45) is 4.99 Å². The van der Waals surface area contributed by atoms with Crippen LogP contribution < -0.4 is 0 Å². The molecule has 0 N–H and O–H groups in total. The topological polar surface area (TPSA) is 29.4 Å². The van der Waals surface area contributed by atoms with Gasteiger partial charge in [0.1, 0.15) is 0 Å². The van der Waals surface area contributed by atoms with Crippen LogP contribution in [0, 0.1) is 0 Å². The molecule has 0 rings (SSSR count). The Morgan fingerprint density at radius 2 is 2.18 bits per heavy atom. The van der Waals surface area contributed by atoms with Crippen molar-refractivity contribution in [3.05, 3.63) is 23.7 Å². The van der Waals surface area contributed by atoms with Crippen molar-refractivity contribution >= 4 is 12.5 Å². The molecule has 60 valence electrons. The van der Waals surface area contributed by atoms with E-state index in [9.17, 15) is 9.18 Å². The van der Waals surface area contributed by atoms with Crippen LogP contribution in [-0.2, 0) is 4.79 Å². The van der Waals surface area contributed by atoms with Gasteiger partial charge in [0.25, 0.3) is 0 Å². The van der Waals surface area contributed by atoms with Gasteiger partial charge in [-0.05, 0) is 20.6 Å².